The number of aromatic hydroxyl groups is 2. The maximum Gasteiger partial charge on any atom is 0.164 e. The highest BCUT2D eigenvalue weighted by Gasteiger charge is 2.17. The minimum Gasteiger partial charge on any atom is -0.504 e. The predicted octanol–water partition coefficient (Wildman–Crippen LogP) is 4.57. The molecule has 1 rings (SSSR count). The molecule has 0 aliphatic rings. The summed E-state index contributed by atoms with van der Waals surface area (Å²) >= 11 is 0. The van der Waals surface area contributed by atoms with Gasteiger partial charge in [0.15, 0.2) is 11.5 Å². The Bertz CT molecular complexity index is 413. The topological polar surface area (TPSA) is 49.7 Å². The second-order valence-electron chi connectivity index (χ2n) is 5.27. The van der Waals surface area contributed by atoms with Crippen LogP contribution in [0.1, 0.15) is 64.0 Å². The first kappa shape index (κ1) is 16.7. The molecule has 0 saturated heterocycles. The van der Waals surface area contributed by atoms with Gasteiger partial charge in [-0.1, -0.05) is 33.6 Å². The summed E-state index contributed by atoms with van der Waals surface area (Å²) in [6.07, 6.45) is 6.51. The zero-order chi connectivity index (χ0) is 15.0. The maximum absolute atomic E-state index is 10.3. The van der Waals surface area contributed by atoms with Gasteiger partial charge in [0.25, 0.3) is 0 Å². The van der Waals surface area contributed by atoms with Crippen LogP contribution in [-0.4, -0.2) is 16.8 Å². The minimum atomic E-state index is 0.0122. The van der Waals surface area contributed by atoms with E-state index in [1.165, 1.54) is 0 Å². The van der Waals surface area contributed by atoms with Crippen molar-refractivity contribution in [3.8, 4) is 17.2 Å². The number of phenolic OH excluding ortho intramolecular Hbond substituents is 2. The summed E-state index contributed by atoms with van der Waals surface area (Å²) in [6, 6.07) is 1.91. The lowest BCUT2D eigenvalue weighted by Gasteiger charge is -2.16. The monoisotopic (exact) mass is 280 g/mol. The molecule has 0 atom stereocenters. The second-order valence-corrected chi connectivity index (χ2v) is 5.27. The molecule has 3 nitrogen and oxygen atoms in total. The molecule has 0 unspecified atom stereocenters. The maximum atomic E-state index is 10.3. The first-order valence-corrected chi connectivity index (χ1v) is 7.85. The van der Waals surface area contributed by atoms with E-state index in [0.717, 1.165) is 61.8 Å². The van der Waals surface area contributed by atoms with Crippen molar-refractivity contribution < 1.29 is 14.9 Å². The minimum absolute atomic E-state index is 0.0122. The molecule has 0 bridgehead atoms. The van der Waals surface area contributed by atoms with E-state index >= 15 is 0 Å². The third-order valence-corrected chi connectivity index (χ3v) is 3.46. The molecule has 0 aliphatic heterocycles. The smallest absolute Gasteiger partial charge is 0.164 e. The fraction of sp³-hybridized carbons (Fsp3) is 0.647. The number of benzene rings is 1. The standard InChI is InChI=1S/C17H28O3/c1-4-7-9-13-12-15(20-11-6-3)14(10-8-5-2)17(19)16(13)18/h12,18-19H,4-11H2,1-3H3. The van der Waals surface area contributed by atoms with Crippen LogP contribution in [0, 0.1) is 0 Å². The summed E-state index contributed by atoms with van der Waals surface area (Å²) in [4.78, 5) is 0. The molecule has 0 aliphatic carbocycles. The highest BCUT2D eigenvalue weighted by molar-refractivity contribution is 5.57. The van der Waals surface area contributed by atoms with Gasteiger partial charge in [0.2, 0.25) is 0 Å². The number of hydrogen-bond donors (Lipinski definition) is 2. The van der Waals surface area contributed by atoms with E-state index < -0.39 is 0 Å². The predicted molar refractivity (Wildman–Crippen MR) is 82.8 cm³/mol. The van der Waals surface area contributed by atoms with Crippen molar-refractivity contribution in [1.82, 2.24) is 0 Å². The van der Waals surface area contributed by atoms with E-state index in [9.17, 15) is 10.2 Å². The average Bonchev–Trinajstić information content (AvgIpc) is 2.46. The van der Waals surface area contributed by atoms with Crippen LogP contribution in [0.2, 0.25) is 0 Å². The summed E-state index contributed by atoms with van der Waals surface area (Å²) < 4.78 is 5.77. The summed E-state index contributed by atoms with van der Waals surface area (Å²) in [5.41, 5.74) is 1.54. The molecule has 0 radical (unpaired) electrons. The Hall–Kier alpha value is -1.38. The molecular formula is C17H28O3. The molecule has 3 heteroatoms. The van der Waals surface area contributed by atoms with Crippen LogP contribution in [0.25, 0.3) is 0 Å². The van der Waals surface area contributed by atoms with Gasteiger partial charge >= 0.3 is 0 Å². The van der Waals surface area contributed by atoms with Gasteiger partial charge in [-0.15, -0.1) is 0 Å². The Morgan fingerprint density at radius 3 is 2.15 bits per heavy atom. The number of phenols is 2. The van der Waals surface area contributed by atoms with Crippen LogP contribution in [-0.2, 0) is 12.8 Å². The van der Waals surface area contributed by atoms with Gasteiger partial charge in [0.05, 0.1) is 6.61 Å². The number of ether oxygens (including phenoxy) is 1. The second kappa shape index (κ2) is 8.72. The molecule has 1 aromatic rings. The summed E-state index contributed by atoms with van der Waals surface area (Å²) in [5, 5.41) is 20.4. The Morgan fingerprint density at radius 1 is 0.900 bits per heavy atom. The van der Waals surface area contributed by atoms with Crippen molar-refractivity contribution in [2.24, 2.45) is 0 Å². The third kappa shape index (κ3) is 4.32. The summed E-state index contributed by atoms with van der Waals surface area (Å²) in [6.45, 7) is 6.92. The number of unbranched alkanes of at least 4 members (excludes halogenated alkanes) is 2. The Balaban J connectivity index is 3.09. The summed E-state index contributed by atoms with van der Waals surface area (Å²) in [7, 11) is 0. The first-order valence-electron chi connectivity index (χ1n) is 7.85. The first-order chi connectivity index (χ1) is 9.65. The zero-order valence-corrected chi connectivity index (χ0v) is 13.0. The van der Waals surface area contributed by atoms with Crippen LogP contribution >= 0.6 is 0 Å². The van der Waals surface area contributed by atoms with Crippen molar-refractivity contribution in [3.63, 3.8) is 0 Å². The van der Waals surface area contributed by atoms with Crippen molar-refractivity contribution in [2.75, 3.05) is 6.61 Å². The van der Waals surface area contributed by atoms with E-state index in [1.54, 1.807) is 0 Å². The molecule has 114 valence electrons. The Kier molecular flexibility index (Phi) is 7.27. The van der Waals surface area contributed by atoms with Crippen LogP contribution in [0.4, 0.5) is 0 Å². The molecule has 0 amide bonds. The van der Waals surface area contributed by atoms with Crippen LogP contribution < -0.4 is 4.74 Å². The lowest BCUT2D eigenvalue weighted by Crippen LogP contribution is -2.01. The quantitative estimate of drug-likeness (QED) is 0.651. The summed E-state index contributed by atoms with van der Waals surface area (Å²) in [5.74, 6) is 0.785. The third-order valence-electron chi connectivity index (χ3n) is 3.46. The fourth-order valence-corrected chi connectivity index (χ4v) is 2.22. The molecule has 0 spiro atoms. The lowest BCUT2D eigenvalue weighted by molar-refractivity contribution is 0.307. The Labute approximate surface area is 122 Å². The van der Waals surface area contributed by atoms with E-state index in [-0.39, 0.29) is 11.5 Å². The normalized spacial score (nSPS) is 10.8. The molecule has 0 saturated carbocycles. The molecular weight excluding hydrogens is 252 g/mol. The van der Waals surface area contributed by atoms with Crippen molar-refractivity contribution >= 4 is 0 Å². The number of rotatable bonds is 9. The van der Waals surface area contributed by atoms with Gasteiger partial charge in [0.1, 0.15) is 5.75 Å². The number of aryl methyl sites for hydroxylation is 1. The molecule has 2 N–H and O–H groups in total. The van der Waals surface area contributed by atoms with Gasteiger partial charge < -0.3 is 14.9 Å². The molecule has 0 heterocycles. The van der Waals surface area contributed by atoms with Crippen molar-refractivity contribution in [1.29, 1.82) is 0 Å². The van der Waals surface area contributed by atoms with Crippen molar-refractivity contribution in [2.45, 2.75) is 65.7 Å². The SMILES string of the molecule is CCCCc1cc(OCCC)c(CCCC)c(O)c1O. The van der Waals surface area contributed by atoms with Crippen LogP contribution in [0.15, 0.2) is 6.07 Å². The highest BCUT2D eigenvalue weighted by atomic mass is 16.5. The Morgan fingerprint density at radius 2 is 1.55 bits per heavy atom. The van der Waals surface area contributed by atoms with Gasteiger partial charge in [-0.2, -0.15) is 0 Å². The average molecular weight is 280 g/mol. The number of hydrogen-bond acceptors (Lipinski definition) is 3. The van der Waals surface area contributed by atoms with E-state index in [1.807, 2.05) is 6.07 Å². The molecule has 0 aromatic heterocycles. The lowest BCUT2D eigenvalue weighted by atomic mass is 9.99. The van der Waals surface area contributed by atoms with Gasteiger partial charge in [-0.3, -0.25) is 0 Å². The van der Waals surface area contributed by atoms with Crippen LogP contribution in [0.5, 0.6) is 17.2 Å². The van der Waals surface area contributed by atoms with Crippen LogP contribution in [0.3, 0.4) is 0 Å². The van der Waals surface area contributed by atoms with E-state index in [2.05, 4.69) is 20.8 Å². The van der Waals surface area contributed by atoms with Gasteiger partial charge in [-0.25, -0.2) is 0 Å². The highest BCUT2D eigenvalue weighted by Crippen LogP contribution is 2.40. The molecule has 0 fully saturated rings. The zero-order valence-electron chi connectivity index (χ0n) is 13.0. The van der Waals surface area contributed by atoms with Crippen molar-refractivity contribution in [3.05, 3.63) is 17.2 Å². The van der Waals surface area contributed by atoms with Gasteiger partial charge in [-0.05, 0) is 38.2 Å². The molecule has 1 aromatic carbocycles. The fourth-order valence-electron chi connectivity index (χ4n) is 2.22. The van der Waals surface area contributed by atoms with E-state index in [4.69, 9.17) is 4.74 Å². The van der Waals surface area contributed by atoms with Gasteiger partial charge in [0, 0.05) is 11.1 Å². The largest absolute Gasteiger partial charge is 0.504 e. The molecule has 20 heavy (non-hydrogen) atoms. The van der Waals surface area contributed by atoms with E-state index in [0.29, 0.717) is 6.61 Å².